The van der Waals surface area contributed by atoms with Crippen LogP contribution in [0.3, 0.4) is 0 Å². The molecule has 0 spiro atoms. The molecule has 2 amide bonds. The number of carboxylic acid groups (broad SMARTS) is 1. The van der Waals surface area contributed by atoms with Gasteiger partial charge in [0.05, 0.1) is 12.5 Å². The molecule has 0 fully saturated rings. The number of oxazole rings is 1. The van der Waals surface area contributed by atoms with Crippen molar-refractivity contribution in [3.8, 4) is 0 Å². The van der Waals surface area contributed by atoms with Gasteiger partial charge in [0.25, 0.3) is 5.91 Å². The van der Waals surface area contributed by atoms with Crippen molar-refractivity contribution in [2.75, 3.05) is 5.32 Å². The number of pyridine rings is 2. The van der Waals surface area contributed by atoms with Crippen LogP contribution in [-0.2, 0) is 9.59 Å². The Morgan fingerprint density at radius 3 is 2.65 bits per heavy atom. The number of aromatic nitrogens is 3. The smallest absolute Gasteiger partial charge is 0.305 e. The molecule has 0 bridgehead atoms. The summed E-state index contributed by atoms with van der Waals surface area (Å²) in [5, 5.41) is 17.1. The molecule has 11 heteroatoms. The maximum atomic E-state index is 12.5. The molecule has 3 heterocycles. The number of hydrogen-bond donors (Lipinski definition) is 4. The Kier molecular flexibility index (Phi) is 6.89. The maximum absolute atomic E-state index is 12.5. The van der Waals surface area contributed by atoms with Crippen molar-refractivity contribution in [3.05, 3.63) is 66.4 Å². The average Bonchev–Trinajstić information content (AvgIpc) is 3.23. The minimum Gasteiger partial charge on any atom is -0.481 e. The van der Waals surface area contributed by atoms with Gasteiger partial charge in [-0.3, -0.25) is 24.7 Å². The molecule has 0 radical (unpaired) electrons. The number of carbonyl (C=O) groups is 3. The average molecular weight is 424 g/mol. The van der Waals surface area contributed by atoms with E-state index in [4.69, 9.17) is 9.52 Å². The van der Waals surface area contributed by atoms with E-state index in [1.54, 1.807) is 42.7 Å². The second-order valence-electron chi connectivity index (χ2n) is 6.52. The summed E-state index contributed by atoms with van der Waals surface area (Å²) in [6, 6.07) is 6.85. The van der Waals surface area contributed by atoms with Gasteiger partial charge < -0.3 is 20.2 Å². The summed E-state index contributed by atoms with van der Waals surface area (Å²) < 4.78 is 5.20. The summed E-state index contributed by atoms with van der Waals surface area (Å²) in [5.41, 5.74) is 0.506. The van der Waals surface area contributed by atoms with Gasteiger partial charge in [-0.2, -0.15) is 4.98 Å². The molecular formula is C20H20N6O5. The fourth-order valence-corrected chi connectivity index (χ4v) is 2.62. The summed E-state index contributed by atoms with van der Waals surface area (Å²) in [7, 11) is 0. The van der Waals surface area contributed by atoms with Gasteiger partial charge in [-0.05, 0) is 30.7 Å². The van der Waals surface area contributed by atoms with E-state index in [9.17, 15) is 14.4 Å². The highest BCUT2D eigenvalue weighted by Crippen LogP contribution is 2.16. The molecule has 2 unspecified atom stereocenters. The van der Waals surface area contributed by atoms with E-state index in [2.05, 4.69) is 30.9 Å². The number of carboxylic acids is 1. The SMILES string of the molecule is CC(NC(=O)c1coc(Nc2ccccn2)n1)C(=O)NC(CC(=O)O)c1cccnc1. The Balaban J connectivity index is 1.59. The third-order valence-electron chi connectivity index (χ3n) is 4.16. The first-order valence-corrected chi connectivity index (χ1v) is 9.29. The zero-order valence-corrected chi connectivity index (χ0v) is 16.5. The molecule has 3 aromatic rings. The molecule has 0 aliphatic rings. The van der Waals surface area contributed by atoms with Crippen LogP contribution in [0.25, 0.3) is 0 Å². The number of aliphatic carboxylic acids is 1. The Bertz CT molecular complexity index is 1040. The van der Waals surface area contributed by atoms with Crippen LogP contribution < -0.4 is 16.0 Å². The van der Waals surface area contributed by atoms with Crippen molar-refractivity contribution < 1.29 is 23.9 Å². The standard InChI is InChI=1S/C20H20N6O5/c1-12(18(29)24-14(9-17(27)28)13-5-4-7-21-10-13)23-19(30)15-11-31-20(25-15)26-16-6-2-3-8-22-16/h2-8,10-12,14H,9H2,1H3,(H,23,30)(H,24,29)(H,27,28)(H,22,25,26). The van der Waals surface area contributed by atoms with Gasteiger partial charge in [-0.1, -0.05) is 12.1 Å². The lowest BCUT2D eigenvalue weighted by atomic mass is 10.1. The number of anilines is 2. The molecule has 3 rings (SSSR count). The Morgan fingerprint density at radius 2 is 1.97 bits per heavy atom. The maximum Gasteiger partial charge on any atom is 0.305 e. The molecule has 4 N–H and O–H groups in total. The van der Waals surface area contributed by atoms with Crippen molar-refractivity contribution >= 4 is 29.6 Å². The van der Waals surface area contributed by atoms with Crippen LogP contribution >= 0.6 is 0 Å². The van der Waals surface area contributed by atoms with E-state index in [1.807, 2.05) is 0 Å². The zero-order valence-electron chi connectivity index (χ0n) is 16.5. The topological polar surface area (TPSA) is 159 Å². The number of hydrogen-bond acceptors (Lipinski definition) is 8. The lowest BCUT2D eigenvalue weighted by molar-refractivity contribution is -0.137. The molecule has 31 heavy (non-hydrogen) atoms. The molecule has 0 aliphatic heterocycles. The highest BCUT2D eigenvalue weighted by Gasteiger charge is 2.24. The van der Waals surface area contributed by atoms with Crippen LogP contribution in [0.2, 0.25) is 0 Å². The Hall–Kier alpha value is -4.28. The minimum absolute atomic E-state index is 0.0348. The summed E-state index contributed by atoms with van der Waals surface area (Å²) in [6.07, 6.45) is 5.42. The number of amides is 2. The Labute approximate surface area is 176 Å². The van der Waals surface area contributed by atoms with E-state index >= 15 is 0 Å². The van der Waals surface area contributed by atoms with Crippen LogP contribution in [0.1, 0.15) is 35.4 Å². The minimum atomic E-state index is -1.08. The van der Waals surface area contributed by atoms with E-state index in [0.717, 1.165) is 6.26 Å². The molecule has 160 valence electrons. The molecule has 0 aromatic carbocycles. The third-order valence-corrected chi connectivity index (χ3v) is 4.16. The fraction of sp³-hybridized carbons (Fsp3) is 0.200. The van der Waals surface area contributed by atoms with E-state index < -0.39 is 29.9 Å². The van der Waals surface area contributed by atoms with Crippen LogP contribution in [0.4, 0.5) is 11.8 Å². The zero-order chi connectivity index (χ0) is 22.2. The van der Waals surface area contributed by atoms with Crippen LogP contribution in [-0.4, -0.2) is 43.9 Å². The first kappa shape index (κ1) is 21.4. The Morgan fingerprint density at radius 1 is 1.13 bits per heavy atom. The first-order valence-electron chi connectivity index (χ1n) is 9.29. The summed E-state index contributed by atoms with van der Waals surface area (Å²) in [4.78, 5) is 48.1. The first-order chi connectivity index (χ1) is 14.9. The summed E-state index contributed by atoms with van der Waals surface area (Å²) >= 11 is 0. The monoisotopic (exact) mass is 424 g/mol. The summed E-state index contributed by atoms with van der Waals surface area (Å²) in [6.45, 7) is 1.47. The molecule has 11 nitrogen and oxygen atoms in total. The quantitative estimate of drug-likeness (QED) is 0.400. The van der Waals surface area contributed by atoms with Crippen LogP contribution in [0.15, 0.2) is 59.6 Å². The van der Waals surface area contributed by atoms with Crippen molar-refractivity contribution in [1.29, 1.82) is 0 Å². The number of nitrogens with zero attached hydrogens (tertiary/aromatic N) is 3. The second-order valence-corrected chi connectivity index (χ2v) is 6.52. The van der Waals surface area contributed by atoms with E-state index in [-0.39, 0.29) is 18.1 Å². The van der Waals surface area contributed by atoms with Gasteiger partial charge >= 0.3 is 12.0 Å². The van der Waals surface area contributed by atoms with E-state index in [0.29, 0.717) is 11.4 Å². The lowest BCUT2D eigenvalue weighted by Gasteiger charge is -2.20. The van der Waals surface area contributed by atoms with Crippen molar-refractivity contribution in [2.45, 2.75) is 25.4 Å². The van der Waals surface area contributed by atoms with Gasteiger partial charge in [0.1, 0.15) is 18.1 Å². The summed E-state index contributed by atoms with van der Waals surface area (Å²) in [5.74, 6) is -1.78. The number of nitrogens with one attached hydrogen (secondary N) is 3. The van der Waals surface area contributed by atoms with Gasteiger partial charge in [0, 0.05) is 18.6 Å². The highest BCUT2D eigenvalue weighted by molar-refractivity contribution is 5.96. The van der Waals surface area contributed by atoms with Crippen LogP contribution in [0.5, 0.6) is 0 Å². The molecule has 0 saturated carbocycles. The molecule has 0 saturated heterocycles. The number of carbonyl (C=O) groups excluding carboxylic acids is 2. The van der Waals surface area contributed by atoms with Crippen LogP contribution in [0, 0.1) is 0 Å². The lowest BCUT2D eigenvalue weighted by Crippen LogP contribution is -2.46. The molecule has 3 aromatic heterocycles. The van der Waals surface area contributed by atoms with Crippen molar-refractivity contribution in [3.63, 3.8) is 0 Å². The van der Waals surface area contributed by atoms with E-state index in [1.165, 1.54) is 13.1 Å². The van der Waals surface area contributed by atoms with Crippen molar-refractivity contribution in [1.82, 2.24) is 25.6 Å². The third kappa shape index (κ3) is 6.10. The molecule has 2 atom stereocenters. The largest absolute Gasteiger partial charge is 0.481 e. The molecular weight excluding hydrogens is 404 g/mol. The second kappa shape index (κ2) is 9.96. The predicted molar refractivity (Wildman–Crippen MR) is 108 cm³/mol. The fourth-order valence-electron chi connectivity index (χ4n) is 2.62. The molecule has 0 aliphatic carbocycles. The van der Waals surface area contributed by atoms with Crippen molar-refractivity contribution in [2.24, 2.45) is 0 Å². The van der Waals surface area contributed by atoms with Gasteiger partial charge in [0.15, 0.2) is 5.69 Å². The van der Waals surface area contributed by atoms with Gasteiger partial charge in [0.2, 0.25) is 5.91 Å². The van der Waals surface area contributed by atoms with Gasteiger partial charge in [-0.25, -0.2) is 4.98 Å². The number of rotatable bonds is 9. The van der Waals surface area contributed by atoms with Gasteiger partial charge in [-0.15, -0.1) is 0 Å². The predicted octanol–water partition coefficient (Wildman–Crippen LogP) is 1.66. The highest BCUT2D eigenvalue weighted by atomic mass is 16.4. The normalized spacial score (nSPS) is 12.4.